The maximum atomic E-state index is 5.72. The van der Waals surface area contributed by atoms with Crippen LogP contribution in [0.4, 0.5) is 5.69 Å². The van der Waals surface area contributed by atoms with Crippen molar-refractivity contribution in [3.8, 4) is 5.75 Å². The van der Waals surface area contributed by atoms with Gasteiger partial charge in [-0.3, -0.25) is 0 Å². The van der Waals surface area contributed by atoms with Crippen LogP contribution in [0.2, 0.25) is 0 Å². The molecule has 0 N–H and O–H groups in total. The van der Waals surface area contributed by atoms with Crippen molar-refractivity contribution in [1.29, 1.82) is 0 Å². The van der Waals surface area contributed by atoms with Crippen molar-refractivity contribution in [2.45, 2.75) is 19.7 Å². The van der Waals surface area contributed by atoms with Gasteiger partial charge in [-0.05, 0) is 18.2 Å². The first-order chi connectivity index (χ1) is 10.3. The van der Waals surface area contributed by atoms with Gasteiger partial charge in [0.15, 0.2) is 11.6 Å². The smallest absolute Gasteiger partial charge is 0.159 e. The van der Waals surface area contributed by atoms with Gasteiger partial charge in [0.2, 0.25) is 0 Å². The molecule has 0 aliphatic carbocycles. The fraction of sp³-hybridized carbons (Fsp3) is 0.429. The Kier molecular flexibility index (Phi) is 3.31. The summed E-state index contributed by atoms with van der Waals surface area (Å²) in [6.07, 6.45) is 0. The van der Waals surface area contributed by atoms with E-state index in [0.717, 1.165) is 53.8 Å². The molecule has 0 unspecified atom stereocenters. The van der Waals surface area contributed by atoms with Gasteiger partial charge < -0.3 is 18.9 Å². The highest BCUT2D eigenvalue weighted by atomic mass is 79.9. The van der Waals surface area contributed by atoms with E-state index >= 15 is 0 Å². The SMILES string of the molecule is Brc1ccc2c(c1)N(Cc1nnc3n1CCOC3)CCO2. The molecule has 0 radical (unpaired) electrons. The molecular weight excluding hydrogens is 336 g/mol. The quantitative estimate of drug-likeness (QED) is 0.828. The summed E-state index contributed by atoms with van der Waals surface area (Å²) >= 11 is 3.52. The number of hydrogen-bond acceptors (Lipinski definition) is 5. The Morgan fingerprint density at radius 2 is 2.14 bits per heavy atom. The van der Waals surface area contributed by atoms with Crippen molar-refractivity contribution in [3.63, 3.8) is 0 Å². The summed E-state index contributed by atoms with van der Waals surface area (Å²) < 4.78 is 14.3. The average molecular weight is 351 g/mol. The second-order valence-electron chi connectivity index (χ2n) is 5.12. The van der Waals surface area contributed by atoms with Crippen molar-refractivity contribution >= 4 is 21.6 Å². The number of aromatic nitrogens is 3. The molecule has 0 bridgehead atoms. The Hall–Kier alpha value is -1.60. The highest BCUT2D eigenvalue weighted by Crippen LogP contribution is 2.34. The summed E-state index contributed by atoms with van der Waals surface area (Å²) in [5, 5.41) is 8.54. The summed E-state index contributed by atoms with van der Waals surface area (Å²) in [6, 6.07) is 6.09. The summed E-state index contributed by atoms with van der Waals surface area (Å²) in [7, 11) is 0. The molecule has 21 heavy (non-hydrogen) atoms. The van der Waals surface area contributed by atoms with E-state index in [9.17, 15) is 0 Å². The monoisotopic (exact) mass is 350 g/mol. The molecule has 3 heterocycles. The van der Waals surface area contributed by atoms with Crippen molar-refractivity contribution in [2.75, 3.05) is 24.7 Å². The summed E-state index contributed by atoms with van der Waals surface area (Å²) in [4.78, 5) is 2.29. The van der Waals surface area contributed by atoms with Crippen molar-refractivity contribution in [2.24, 2.45) is 0 Å². The molecule has 1 aromatic heterocycles. The van der Waals surface area contributed by atoms with Gasteiger partial charge in [0.25, 0.3) is 0 Å². The van der Waals surface area contributed by atoms with Gasteiger partial charge in [0.1, 0.15) is 19.0 Å². The van der Waals surface area contributed by atoms with E-state index in [-0.39, 0.29) is 0 Å². The number of halogens is 1. The summed E-state index contributed by atoms with van der Waals surface area (Å²) in [6.45, 7) is 4.38. The third-order valence-electron chi connectivity index (χ3n) is 3.81. The van der Waals surface area contributed by atoms with E-state index in [1.807, 2.05) is 12.1 Å². The lowest BCUT2D eigenvalue weighted by atomic mass is 10.2. The van der Waals surface area contributed by atoms with Crippen LogP contribution >= 0.6 is 15.9 Å². The van der Waals surface area contributed by atoms with E-state index < -0.39 is 0 Å². The van der Waals surface area contributed by atoms with Gasteiger partial charge in [-0.15, -0.1) is 10.2 Å². The van der Waals surface area contributed by atoms with Crippen LogP contribution in [0.3, 0.4) is 0 Å². The van der Waals surface area contributed by atoms with Crippen LogP contribution < -0.4 is 9.64 Å². The van der Waals surface area contributed by atoms with Crippen molar-refractivity contribution in [1.82, 2.24) is 14.8 Å². The molecule has 2 aliphatic heterocycles. The van der Waals surface area contributed by atoms with Gasteiger partial charge in [0.05, 0.1) is 25.4 Å². The lowest BCUT2D eigenvalue weighted by molar-refractivity contribution is 0.0806. The Morgan fingerprint density at radius 3 is 3.10 bits per heavy atom. The molecule has 4 rings (SSSR count). The van der Waals surface area contributed by atoms with Gasteiger partial charge >= 0.3 is 0 Å². The minimum absolute atomic E-state index is 0.554. The topological polar surface area (TPSA) is 52.4 Å². The van der Waals surface area contributed by atoms with Crippen LogP contribution in [0, 0.1) is 0 Å². The van der Waals surface area contributed by atoms with E-state index in [2.05, 4.69) is 41.7 Å². The molecule has 0 fully saturated rings. The normalized spacial score (nSPS) is 17.1. The first-order valence-electron chi connectivity index (χ1n) is 6.97. The largest absolute Gasteiger partial charge is 0.490 e. The molecule has 110 valence electrons. The standard InChI is InChI=1S/C14H15BrN4O2/c15-10-1-2-12-11(7-10)18(3-6-21-12)8-13-16-17-14-9-20-5-4-19(13)14/h1-2,7H,3-6,8-9H2. The molecule has 0 spiro atoms. The molecule has 7 heteroatoms. The number of nitrogens with zero attached hydrogens (tertiary/aromatic N) is 4. The molecule has 2 aliphatic rings. The molecule has 0 amide bonds. The van der Waals surface area contributed by atoms with Gasteiger partial charge in [0, 0.05) is 11.0 Å². The zero-order valence-electron chi connectivity index (χ0n) is 11.5. The fourth-order valence-corrected chi connectivity index (χ4v) is 3.10. The van der Waals surface area contributed by atoms with Crippen LogP contribution in [0.25, 0.3) is 0 Å². The number of hydrogen-bond donors (Lipinski definition) is 0. The first-order valence-corrected chi connectivity index (χ1v) is 7.76. The predicted molar refractivity (Wildman–Crippen MR) is 80.4 cm³/mol. The summed E-state index contributed by atoms with van der Waals surface area (Å²) in [5.74, 6) is 2.83. The summed E-state index contributed by atoms with van der Waals surface area (Å²) in [5.41, 5.74) is 1.10. The molecule has 2 aromatic rings. The Labute approximate surface area is 130 Å². The second kappa shape index (κ2) is 5.31. The highest BCUT2D eigenvalue weighted by Gasteiger charge is 2.22. The number of benzene rings is 1. The van der Waals surface area contributed by atoms with Gasteiger partial charge in [-0.1, -0.05) is 15.9 Å². The maximum Gasteiger partial charge on any atom is 0.159 e. The first kappa shape index (κ1) is 13.1. The number of anilines is 1. The minimum atomic E-state index is 0.554. The number of rotatable bonds is 2. The second-order valence-corrected chi connectivity index (χ2v) is 6.03. The number of ether oxygens (including phenoxy) is 2. The van der Waals surface area contributed by atoms with Gasteiger partial charge in [-0.2, -0.15) is 0 Å². The van der Waals surface area contributed by atoms with E-state index in [4.69, 9.17) is 9.47 Å². The van der Waals surface area contributed by atoms with Gasteiger partial charge in [-0.25, -0.2) is 0 Å². The Morgan fingerprint density at radius 1 is 1.19 bits per heavy atom. The third kappa shape index (κ3) is 2.40. The van der Waals surface area contributed by atoms with Crippen LogP contribution in [0.5, 0.6) is 5.75 Å². The number of fused-ring (bicyclic) bond motifs is 2. The van der Waals surface area contributed by atoms with Crippen LogP contribution in [0.15, 0.2) is 22.7 Å². The molecule has 0 atom stereocenters. The molecule has 0 saturated carbocycles. The molecular formula is C14H15BrN4O2. The lowest BCUT2D eigenvalue weighted by Crippen LogP contribution is -2.33. The maximum absolute atomic E-state index is 5.72. The molecule has 6 nitrogen and oxygen atoms in total. The fourth-order valence-electron chi connectivity index (χ4n) is 2.75. The minimum Gasteiger partial charge on any atom is -0.490 e. The lowest BCUT2D eigenvalue weighted by Gasteiger charge is -2.31. The van der Waals surface area contributed by atoms with E-state index in [1.54, 1.807) is 0 Å². The van der Waals surface area contributed by atoms with Crippen molar-refractivity contribution < 1.29 is 9.47 Å². The molecule has 1 aromatic carbocycles. The molecule has 0 saturated heterocycles. The van der Waals surface area contributed by atoms with Crippen LogP contribution in [0.1, 0.15) is 11.6 Å². The zero-order chi connectivity index (χ0) is 14.2. The highest BCUT2D eigenvalue weighted by molar-refractivity contribution is 9.10. The zero-order valence-corrected chi connectivity index (χ0v) is 13.0. The van der Waals surface area contributed by atoms with E-state index in [1.165, 1.54) is 0 Å². The predicted octanol–water partition coefficient (Wildman–Crippen LogP) is 1.97. The third-order valence-corrected chi connectivity index (χ3v) is 4.30. The van der Waals surface area contributed by atoms with E-state index in [0.29, 0.717) is 13.2 Å². The Bertz CT molecular complexity index is 673. The average Bonchev–Trinajstić information content (AvgIpc) is 2.91. The van der Waals surface area contributed by atoms with Crippen LogP contribution in [-0.4, -0.2) is 34.5 Å². The van der Waals surface area contributed by atoms with Crippen LogP contribution in [-0.2, 0) is 24.4 Å². The Balaban J connectivity index is 1.64. The van der Waals surface area contributed by atoms with Crippen molar-refractivity contribution in [3.05, 3.63) is 34.3 Å².